The number of hydrogen-bond donors (Lipinski definition) is 2. The monoisotopic (exact) mass is 339 g/mol. The molecule has 2 N–H and O–H groups in total. The maximum atomic E-state index is 11.9. The smallest absolute Gasteiger partial charge is 0.355 e. The molecule has 0 spiro atoms. The Morgan fingerprint density at radius 3 is 2.83 bits per heavy atom. The molecule has 0 radical (unpaired) electrons. The molecule has 0 saturated carbocycles. The van der Waals surface area contributed by atoms with E-state index in [9.17, 15) is 14.4 Å². The van der Waals surface area contributed by atoms with Gasteiger partial charge in [0.2, 0.25) is 11.8 Å². The number of carbonyl (C=O) groups excluding carboxylic acids is 2. The summed E-state index contributed by atoms with van der Waals surface area (Å²) in [5.74, 6) is -1.19. The number of aromatic carboxylic acids is 1. The normalized spacial score (nSPS) is 15.8. The van der Waals surface area contributed by atoms with Crippen molar-refractivity contribution in [3.63, 3.8) is 0 Å². The number of nitrogens with zero attached hydrogens (tertiary/aromatic N) is 2. The van der Waals surface area contributed by atoms with E-state index in [2.05, 4.69) is 10.3 Å². The van der Waals surface area contributed by atoms with Gasteiger partial charge in [-0.3, -0.25) is 9.59 Å². The fraction of sp³-hybridized carbons (Fsp3) is 0.600. The van der Waals surface area contributed by atoms with Gasteiger partial charge in [-0.05, 0) is 12.8 Å². The molecule has 1 saturated heterocycles. The van der Waals surface area contributed by atoms with Crippen LogP contribution in [0.2, 0.25) is 0 Å². The summed E-state index contributed by atoms with van der Waals surface area (Å²) in [5.41, 5.74) is 0.0301. The number of hydrogen-bond acceptors (Lipinski definition) is 5. The second-order valence-electron chi connectivity index (χ2n) is 5.51. The number of nitrogens with one attached hydrogen (secondary N) is 1. The molecular formula is C15H21N3O4S. The first-order valence-corrected chi connectivity index (χ1v) is 8.66. The van der Waals surface area contributed by atoms with Crippen molar-refractivity contribution < 1.29 is 19.5 Å². The van der Waals surface area contributed by atoms with Crippen LogP contribution in [0.15, 0.2) is 5.38 Å². The van der Waals surface area contributed by atoms with Crippen molar-refractivity contribution in [3.05, 3.63) is 16.1 Å². The van der Waals surface area contributed by atoms with Crippen molar-refractivity contribution in [2.75, 3.05) is 19.6 Å². The number of rotatable bonds is 6. The lowest BCUT2D eigenvalue weighted by Crippen LogP contribution is -2.42. The van der Waals surface area contributed by atoms with E-state index in [-0.39, 0.29) is 24.1 Å². The molecule has 7 nitrogen and oxygen atoms in total. The van der Waals surface area contributed by atoms with E-state index in [1.54, 1.807) is 4.90 Å². The first-order valence-electron chi connectivity index (χ1n) is 7.78. The van der Waals surface area contributed by atoms with Gasteiger partial charge in [0, 0.05) is 31.3 Å². The maximum absolute atomic E-state index is 11.9. The summed E-state index contributed by atoms with van der Waals surface area (Å²) in [7, 11) is 0. The summed E-state index contributed by atoms with van der Waals surface area (Å²) in [6, 6.07) is 0. The predicted molar refractivity (Wildman–Crippen MR) is 85.5 cm³/mol. The molecule has 8 heteroatoms. The summed E-state index contributed by atoms with van der Waals surface area (Å²) in [6.07, 6.45) is 5.02. The zero-order chi connectivity index (χ0) is 16.7. The minimum absolute atomic E-state index is 0.0301. The van der Waals surface area contributed by atoms with Crippen LogP contribution in [0.1, 0.15) is 47.6 Å². The summed E-state index contributed by atoms with van der Waals surface area (Å²) >= 11 is 1.26. The zero-order valence-electron chi connectivity index (χ0n) is 12.9. The van der Waals surface area contributed by atoms with Crippen LogP contribution in [0.3, 0.4) is 0 Å². The van der Waals surface area contributed by atoms with Gasteiger partial charge in [0.1, 0.15) is 0 Å². The quantitative estimate of drug-likeness (QED) is 0.813. The Balaban J connectivity index is 1.73. The van der Waals surface area contributed by atoms with E-state index in [0.29, 0.717) is 30.9 Å². The van der Waals surface area contributed by atoms with Gasteiger partial charge in [0.25, 0.3) is 0 Å². The maximum Gasteiger partial charge on any atom is 0.355 e. The van der Waals surface area contributed by atoms with Crippen LogP contribution in [-0.4, -0.2) is 52.4 Å². The molecule has 0 aromatic carbocycles. The average Bonchev–Trinajstić information content (AvgIpc) is 2.96. The Hall–Kier alpha value is -1.96. The van der Waals surface area contributed by atoms with E-state index in [1.807, 2.05) is 0 Å². The van der Waals surface area contributed by atoms with Gasteiger partial charge in [-0.25, -0.2) is 9.78 Å². The molecule has 0 unspecified atom stereocenters. The number of carboxylic acids is 1. The number of likely N-dealkylation sites (tertiary alicyclic amines) is 1. The van der Waals surface area contributed by atoms with Gasteiger partial charge in [-0.2, -0.15) is 0 Å². The second-order valence-corrected chi connectivity index (χ2v) is 6.45. The standard InChI is InChI=1S/C15H21N3O4S/c19-12(9-18-8-4-2-1-3-5-14(18)20)16-7-6-13-17-11(10-23-13)15(21)22/h10H,1-9H2,(H,16,19)(H,21,22). The Bertz CT molecular complexity index is 573. The van der Waals surface area contributed by atoms with Crippen LogP contribution in [0, 0.1) is 0 Å². The van der Waals surface area contributed by atoms with Crippen molar-refractivity contribution in [2.45, 2.75) is 38.5 Å². The highest BCUT2D eigenvalue weighted by atomic mass is 32.1. The van der Waals surface area contributed by atoms with E-state index in [4.69, 9.17) is 5.11 Å². The van der Waals surface area contributed by atoms with E-state index in [1.165, 1.54) is 16.7 Å². The molecule has 1 aromatic rings. The number of carbonyl (C=O) groups is 3. The molecule has 23 heavy (non-hydrogen) atoms. The SMILES string of the molecule is O=C(CN1CCCCCCC1=O)NCCc1nc(C(=O)O)cs1. The summed E-state index contributed by atoms with van der Waals surface area (Å²) in [5, 5.41) is 13.7. The lowest BCUT2D eigenvalue weighted by Gasteiger charge is -2.24. The van der Waals surface area contributed by atoms with Gasteiger partial charge >= 0.3 is 5.97 Å². The van der Waals surface area contributed by atoms with E-state index in [0.717, 1.165) is 25.7 Å². The Morgan fingerprint density at radius 1 is 1.30 bits per heavy atom. The van der Waals surface area contributed by atoms with Crippen LogP contribution in [0.25, 0.3) is 0 Å². The van der Waals surface area contributed by atoms with Gasteiger partial charge < -0.3 is 15.3 Å². The molecule has 1 aliphatic heterocycles. The minimum atomic E-state index is -1.05. The molecule has 0 aliphatic carbocycles. The van der Waals surface area contributed by atoms with E-state index < -0.39 is 5.97 Å². The fourth-order valence-electron chi connectivity index (χ4n) is 2.44. The van der Waals surface area contributed by atoms with E-state index >= 15 is 0 Å². The van der Waals surface area contributed by atoms with Crippen molar-refractivity contribution in [3.8, 4) is 0 Å². The number of carboxylic acid groups (broad SMARTS) is 1. The molecule has 2 heterocycles. The lowest BCUT2D eigenvalue weighted by molar-refractivity contribution is -0.136. The van der Waals surface area contributed by atoms with Crippen LogP contribution in [0.5, 0.6) is 0 Å². The molecule has 1 fully saturated rings. The average molecular weight is 339 g/mol. The molecular weight excluding hydrogens is 318 g/mol. The largest absolute Gasteiger partial charge is 0.476 e. The number of amides is 2. The summed E-state index contributed by atoms with van der Waals surface area (Å²) in [4.78, 5) is 40.2. The third-order valence-corrected chi connectivity index (χ3v) is 4.60. The van der Waals surface area contributed by atoms with Gasteiger partial charge in [0.05, 0.1) is 11.6 Å². The van der Waals surface area contributed by atoms with Gasteiger partial charge in [-0.1, -0.05) is 12.8 Å². The third-order valence-electron chi connectivity index (χ3n) is 3.69. The Morgan fingerprint density at radius 2 is 2.09 bits per heavy atom. The van der Waals surface area contributed by atoms with Gasteiger partial charge in [0.15, 0.2) is 5.69 Å². The van der Waals surface area contributed by atoms with Crippen molar-refractivity contribution >= 4 is 29.1 Å². The molecule has 2 amide bonds. The fourth-order valence-corrected chi connectivity index (χ4v) is 3.22. The molecule has 0 bridgehead atoms. The van der Waals surface area contributed by atoms with Crippen molar-refractivity contribution in [2.24, 2.45) is 0 Å². The molecule has 1 aliphatic rings. The zero-order valence-corrected chi connectivity index (χ0v) is 13.7. The topological polar surface area (TPSA) is 99.6 Å². The highest BCUT2D eigenvalue weighted by molar-refractivity contribution is 7.09. The second kappa shape index (κ2) is 8.61. The number of thiazole rings is 1. The van der Waals surface area contributed by atoms with Crippen LogP contribution < -0.4 is 5.32 Å². The van der Waals surface area contributed by atoms with Crippen LogP contribution >= 0.6 is 11.3 Å². The third kappa shape index (κ3) is 5.63. The van der Waals surface area contributed by atoms with Crippen molar-refractivity contribution in [1.29, 1.82) is 0 Å². The van der Waals surface area contributed by atoms with Crippen molar-refractivity contribution in [1.82, 2.24) is 15.2 Å². The highest BCUT2D eigenvalue weighted by Crippen LogP contribution is 2.12. The molecule has 2 rings (SSSR count). The van der Waals surface area contributed by atoms with Crippen LogP contribution in [-0.2, 0) is 16.0 Å². The minimum Gasteiger partial charge on any atom is -0.476 e. The molecule has 0 atom stereocenters. The molecule has 126 valence electrons. The van der Waals surface area contributed by atoms with Crippen LogP contribution in [0.4, 0.5) is 0 Å². The first kappa shape index (κ1) is 17.4. The summed E-state index contributed by atoms with van der Waals surface area (Å²) < 4.78 is 0. The lowest BCUT2D eigenvalue weighted by atomic mass is 10.1. The number of aromatic nitrogens is 1. The highest BCUT2D eigenvalue weighted by Gasteiger charge is 2.18. The summed E-state index contributed by atoms with van der Waals surface area (Å²) in [6.45, 7) is 1.12. The van der Waals surface area contributed by atoms with Gasteiger partial charge in [-0.15, -0.1) is 11.3 Å². The molecule has 1 aromatic heterocycles. The predicted octanol–water partition coefficient (Wildman–Crippen LogP) is 1.29. The first-order chi connectivity index (χ1) is 11.1. The Kier molecular flexibility index (Phi) is 6.52. The Labute approximate surface area is 138 Å².